The molecule has 0 spiro atoms. The Hall–Kier alpha value is -1.84. The van der Waals surface area contributed by atoms with Gasteiger partial charge in [0.15, 0.2) is 20.1 Å². The third-order valence-corrected chi connectivity index (χ3v) is 8.31. The molecule has 2 aromatic rings. The largest absolute Gasteiger partial charge is 0.316 e. The summed E-state index contributed by atoms with van der Waals surface area (Å²) in [5.41, 5.74) is 0.760. The summed E-state index contributed by atoms with van der Waals surface area (Å²) in [5.74, 6) is -0.341. The lowest BCUT2D eigenvalue weighted by Crippen LogP contribution is -2.24. The van der Waals surface area contributed by atoms with Gasteiger partial charge in [-0.1, -0.05) is 23.5 Å². The highest BCUT2D eigenvalue weighted by Gasteiger charge is 2.37. The lowest BCUT2D eigenvalue weighted by atomic mass is 9.87. The van der Waals surface area contributed by atoms with E-state index < -0.39 is 20.9 Å². The molecule has 4 rings (SSSR count). The first kappa shape index (κ1) is 19.5. The molecule has 1 saturated carbocycles. The first-order valence-electron chi connectivity index (χ1n) is 9.40. The van der Waals surface area contributed by atoms with Crippen LogP contribution in [0, 0.1) is 11.0 Å². The molecule has 150 valence electrons. The second-order valence-corrected chi connectivity index (χ2v) is 10.6. The average Bonchev–Trinajstić information content (AvgIpc) is 3.29. The van der Waals surface area contributed by atoms with Crippen LogP contribution in [0.2, 0.25) is 0 Å². The van der Waals surface area contributed by atoms with Gasteiger partial charge in [-0.2, -0.15) is 4.39 Å². The van der Waals surface area contributed by atoms with Crippen molar-refractivity contribution in [2.75, 3.05) is 18.4 Å². The average molecular weight is 424 g/mol. The normalized spacial score (nSPS) is 20.8. The number of halogens is 1. The fourth-order valence-corrected chi connectivity index (χ4v) is 5.81. The van der Waals surface area contributed by atoms with Crippen molar-refractivity contribution in [3.05, 3.63) is 41.2 Å². The summed E-state index contributed by atoms with van der Waals surface area (Å²) in [6.45, 7) is 1.78. The van der Waals surface area contributed by atoms with Gasteiger partial charge in [0.05, 0.1) is 22.3 Å². The Morgan fingerprint density at radius 2 is 2.04 bits per heavy atom. The van der Waals surface area contributed by atoms with E-state index >= 15 is 0 Å². The second kappa shape index (κ2) is 7.88. The van der Waals surface area contributed by atoms with Crippen LogP contribution in [0.1, 0.15) is 37.2 Å². The molecule has 0 radical (unpaired) electrons. The lowest BCUT2D eigenvalue weighted by Gasteiger charge is -2.20. The molecule has 2 aliphatic rings. The van der Waals surface area contributed by atoms with Gasteiger partial charge in [-0.25, -0.2) is 13.4 Å². The number of thiazole rings is 1. The number of rotatable bonds is 7. The van der Waals surface area contributed by atoms with Crippen LogP contribution in [0.25, 0.3) is 0 Å². The molecule has 28 heavy (non-hydrogen) atoms. The molecule has 2 fully saturated rings. The number of nitrogens with zero attached hydrogens (tertiary/aromatic N) is 1. The van der Waals surface area contributed by atoms with Gasteiger partial charge >= 0.3 is 0 Å². The molecule has 2 unspecified atom stereocenters. The van der Waals surface area contributed by atoms with E-state index in [1.165, 1.54) is 0 Å². The molecule has 1 amide bonds. The minimum absolute atomic E-state index is 0.227. The van der Waals surface area contributed by atoms with Gasteiger partial charge < -0.3 is 10.6 Å². The highest BCUT2D eigenvalue weighted by atomic mass is 32.2. The van der Waals surface area contributed by atoms with Crippen molar-refractivity contribution in [1.29, 1.82) is 0 Å². The Morgan fingerprint density at radius 3 is 2.61 bits per heavy atom. The Morgan fingerprint density at radius 1 is 1.29 bits per heavy atom. The minimum atomic E-state index is -3.26. The van der Waals surface area contributed by atoms with Crippen molar-refractivity contribution < 1.29 is 17.6 Å². The van der Waals surface area contributed by atoms with Crippen molar-refractivity contribution in [2.24, 2.45) is 5.92 Å². The van der Waals surface area contributed by atoms with Crippen molar-refractivity contribution >= 4 is 32.2 Å². The van der Waals surface area contributed by atoms with Crippen molar-refractivity contribution in [3.63, 3.8) is 0 Å². The van der Waals surface area contributed by atoms with Crippen molar-refractivity contribution in [2.45, 2.75) is 41.7 Å². The zero-order chi connectivity index (χ0) is 19.7. The van der Waals surface area contributed by atoms with Crippen molar-refractivity contribution in [1.82, 2.24) is 10.3 Å². The monoisotopic (exact) mass is 423 g/mol. The molecule has 1 aromatic carbocycles. The molecular formula is C19H22FN3O3S2. The van der Waals surface area contributed by atoms with Gasteiger partial charge in [-0.05, 0) is 62.4 Å². The molecule has 2 N–H and O–H groups in total. The number of amides is 1. The summed E-state index contributed by atoms with van der Waals surface area (Å²) in [5, 5.41) is 5.50. The number of carbonyl (C=O) groups excluding carboxylic acids is 1. The smallest absolute Gasteiger partial charge is 0.233 e. The number of anilines is 1. The van der Waals surface area contributed by atoms with Gasteiger partial charge in [0, 0.05) is 0 Å². The van der Waals surface area contributed by atoms with E-state index in [1.54, 1.807) is 24.3 Å². The van der Waals surface area contributed by atoms with E-state index in [2.05, 4.69) is 15.6 Å². The first-order valence-corrected chi connectivity index (χ1v) is 11.8. The van der Waals surface area contributed by atoms with E-state index in [0.717, 1.165) is 42.6 Å². The van der Waals surface area contributed by atoms with E-state index in [4.69, 9.17) is 0 Å². The van der Waals surface area contributed by atoms with Crippen molar-refractivity contribution in [3.8, 4) is 0 Å². The van der Waals surface area contributed by atoms with E-state index in [1.807, 2.05) is 0 Å². The van der Waals surface area contributed by atoms with Crippen LogP contribution >= 0.6 is 11.3 Å². The van der Waals surface area contributed by atoms with Gasteiger partial charge in [0.1, 0.15) is 0 Å². The molecule has 1 aliphatic carbocycles. The molecule has 6 nitrogen and oxygen atoms in total. The molecule has 0 bridgehead atoms. The molecule has 1 aliphatic heterocycles. The third-order valence-electron chi connectivity index (χ3n) is 5.33. The Labute approximate surface area is 167 Å². The lowest BCUT2D eigenvalue weighted by molar-refractivity contribution is -0.118. The number of hydrogen-bond acceptors (Lipinski definition) is 6. The van der Waals surface area contributed by atoms with Crippen LogP contribution in [-0.4, -0.2) is 37.6 Å². The van der Waals surface area contributed by atoms with Gasteiger partial charge in [-0.15, -0.1) is 0 Å². The molecule has 2 atom stereocenters. The predicted octanol–water partition coefficient (Wildman–Crippen LogP) is 2.94. The zero-order valence-corrected chi connectivity index (χ0v) is 16.9. The fourth-order valence-electron chi connectivity index (χ4n) is 3.61. The third kappa shape index (κ3) is 4.26. The molecule has 2 heterocycles. The SMILES string of the molecule is O=C(Nc1ncc(F)s1)C(CC1CCNC1)c1ccc(S(=O)(=O)C2CC2)cc1. The van der Waals surface area contributed by atoms with Crippen LogP contribution in [0.5, 0.6) is 0 Å². The van der Waals surface area contributed by atoms with Gasteiger partial charge in [0.25, 0.3) is 0 Å². The Kier molecular flexibility index (Phi) is 5.48. The van der Waals surface area contributed by atoms with E-state index in [9.17, 15) is 17.6 Å². The fraction of sp³-hybridized carbons (Fsp3) is 0.474. The Bertz CT molecular complexity index is 949. The topological polar surface area (TPSA) is 88.2 Å². The van der Waals surface area contributed by atoms with Crippen LogP contribution in [-0.2, 0) is 14.6 Å². The predicted molar refractivity (Wildman–Crippen MR) is 106 cm³/mol. The molecule has 1 saturated heterocycles. The summed E-state index contributed by atoms with van der Waals surface area (Å²) in [4.78, 5) is 17.1. The maximum atomic E-state index is 13.2. The zero-order valence-electron chi connectivity index (χ0n) is 15.2. The maximum Gasteiger partial charge on any atom is 0.233 e. The summed E-state index contributed by atoms with van der Waals surface area (Å²) in [6, 6.07) is 6.65. The quantitative estimate of drug-likeness (QED) is 0.715. The van der Waals surface area contributed by atoms with Crippen LogP contribution in [0.3, 0.4) is 0 Å². The van der Waals surface area contributed by atoms with E-state index in [0.29, 0.717) is 30.1 Å². The summed E-state index contributed by atoms with van der Waals surface area (Å²) < 4.78 is 38.0. The Balaban J connectivity index is 1.56. The van der Waals surface area contributed by atoms with Gasteiger partial charge in [-0.3, -0.25) is 4.79 Å². The maximum absolute atomic E-state index is 13.2. The number of carbonyl (C=O) groups is 1. The number of sulfone groups is 1. The highest BCUT2D eigenvalue weighted by Crippen LogP contribution is 2.35. The van der Waals surface area contributed by atoms with Crippen LogP contribution in [0.4, 0.5) is 9.52 Å². The number of hydrogen-bond donors (Lipinski definition) is 2. The molecule has 1 aromatic heterocycles. The minimum Gasteiger partial charge on any atom is -0.316 e. The first-order chi connectivity index (χ1) is 13.4. The van der Waals surface area contributed by atoms with E-state index in [-0.39, 0.29) is 16.3 Å². The summed E-state index contributed by atoms with van der Waals surface area (Å²) >= 11 is 0.786. The number of nitrogens with one attached hydrogen (secondary N) is 2. The van der Waals surface area contributed by atoms with Crippen LogP contribution < -0.4 is 10.6 Å². The summed E-state index contributed by atoms with van der Waals surface area (Å²) in [6.07, 6.45) is 4.14. The standard InChI is InChI=1S/C19H22FN3O3S2/c20-17-11-22-19(27-17)23-18(24)16(9-12-7-8-21-10-12)13-1-3-14(4-2-13)28(25,26)15-5-6-15/h1-4,11-12,15-16,21H,5-10H2,(H,22,23,24). The number of aromatic nitrogens is 1. The summed E-state index contributed by atoms with van der Waals surface area (Å²) in [7, 11) is -3.26. The molecular weight excluding hydrogens is 401 g/mol. The van der Waals surface area contributed by atoms with Crippen LogP contribution in [0.15, 0.2) is 35.4 Å². The molecule has 9 heteroatoms. The number of benzene rings is 1. The van der Waals surface area contributed by atoms with Gasteiger partial charge in [0.2, 0.25) is 5.91 Å². The second-order valence-electron chi connectivity index (χ2n) is 7.42. The highest BCUT2D eigenvalue weighted by molar-refractivity contribution is 7.92.